The number of nitrogens with one attached hydrogen (secondary N) is 2. The zero-order valence-corrected chi connectivity index (χ0v) is 18.4. The standard InChI is InChI=1S/C26H26N2O5/c1-31-26(30)21-4-2-18(3-5-21)17-33-23-12-8-20(9-13-23)25(29)28-22-10-6-19(7-11-22)24-16-27-14-15-32-24/h2-13,24,27H,14-17H2,1H3,(H,28,29)/t24-/m0/s1. The van der Waals surface area contributed by atoms with Gasteiger partial charge in [-0.15, -0.1) is 0 Å². The molecule has 0 radical (unpaired) electrons. The molecule has 0 bridgehead atoms. The molecule has 3 aromatic carbocycles. The number of hydrogen-bond donors (Lipinski definition) is 2. The van der Waals surface area contributed by atoms with E-state index in [9.17, 15) is 9.59 Å². The summed E-state index contributed by atoms with van der Waals surface area (Å²) in [6, 6.07) is 21.7. The number of amides is 1. The molecule has 0 aliphatic carbocycles. The molecule has 3 aromatic rings. The fourth-order valence-corrected chi connectivity index (χ4v) is 3.49. The summed E-state index contributed by atoms with van der Waals surface area (Å²) in [5.74, 6) is 0.0835. The second-order valence-corrected chi connectivity index (χ2v) is 7.64. The molecule has 0 unspecified atom stereocenters. The van der Waals surface area contributed by atoms with E-state index >= 15 is 0 Å². The van der Waals surface area contributed by atoms with Crippen molar-refractivity contribution in [2.45, 2.75) is 12.7 Å². The van der Waals surface area contributed by atoms with Crippen LogP contribution in [0.25, 0.3) is 0 Å². The molecule has 1 heterocycles. The fourth-order valence-electron chi connectivity index (χ4n) is 3.49. The van der Waals surface area contributed by atoms with E-state index < -0.39 is 0 Å². The lowest BCUT2D eigenvalue weighted by atomic mass is 10.1. The van der Waals surface area contributed by atoms with E-state index in [1.54, 1.807) is 36.4 Å². The number of morpholine rings is 1. The van der Waals surface area contributed by atoms with Crippen LogP contribution in [0.15, 0.2) is 72.8 Å². The van der Waals surface area contributed by atoms with Crippen LogP contribution in [0.2, 0.25) is 0 Å². The molecule has 1 atom stereocenters. The summed E-state index contributed by atoms with van der Waals surface area (Å²) in [4.78, 5) is 24.1. The number of esters is 1. The Morgan fingerprint density at radius 2 is 1.67 bits per heavy atom. The van der Waals surface area contributed by atoms with Crippen molar-refractivity contribution in [3.8, 4) is 5.75 Å². The summed E-state index contributed by atoms with van der Waals surface area (Å²) in [6.07, 6.45) is 0.0434. The van der Waals surface area contributed by atoms with Crippen molar-refractivity contribution < 1.29 is 23.8 Å². The van der Waals surface area contributed by atoms with Gasteiger partial charge in [-0.2, -0.15) is 0 Å². The van der Waals surface area contributed by atoms with Gasteiger partial charge >= 0.3 is 5.97 Å². The largest absolute Gasteiger partial charge is 0.489 e. The van der Waals surface area contributed by atoms with Crippen LogP contribution in [-0.2, 0) is 16.1 Å². The van der Waals surface area contributed by atoms with Gasteiger partial charge in [-0.05, 0) is 59.7 Å². The summed E-state index contributed by atoms with van der Waals surface area (Å²) >= 11 is 0. The van der Waals surface area contributed by atoms with Gasteiger partial charge in [-0.25, -0.2) is 4.79 Å². The van der Waals surface area contributed by atoms with Crippen molar-refractivity contribution in [3.63, 3.8) is 0 Å². The number of ether oxygens (including phenoxy) is 3. The quantitative estimate of drug-likeness (QED) is 0.535. The monoisotopic (exact) mass is 446 g/mol. The molecule has 1 aliphatic rings. The van der Waals surface area contributed by atoms with Gasteiger partial charge in [0.2, 0.25) is 0 Å². The van der Waals surface area contributed by atoms with Crippen LogP contribution in [-0.4, -0.2) is 38.7 Å². The zero-order chi connectivity index (χ0) is 23.0. The first kappa shape index (κ1) is 22.5. The average molecular weight is 447 g/mol. The highest BCUT2D eigenvalue weighted by molar-refractivity contribution is 6.04. The van der Waals surface area contributed by atoms with E-state index in [1.165, 1.54) is 7.11 Å². The van der Waals surface area contributed by atoms with E-state index in [4.69, 9.17) is 14.2 Å². The number of carbonyl (C=O) groups is 2. The first-order chi connectivity index (χ1) is 16.1. The lowest BCUT2D eigenvalue weighted by molar-refractivity contribution is 0.0277. The smallest absolute Gasteiger partial charge is 0.337 e. The Morgan fingerprint density at radius 1 is 0.970 bits per heavy atom. The molecule has 1 aliphatic heterocycles. The number of benzene rings is 3. The summed E-state index contributed by atoms with van der Waals surface area (Å²) in [7, 11) is 1.35. The van der Waals surface area contributed by atoms with Gasteiger partial charge in [0.1, 0.15) is 12.4 Å². The average Bonchev–Trinajstić information content (AvgIpc) is 2.88. The van der Waals surface area contributed by atoms with Crippen LogP contribution in [0, 0.1) is 0 Å². The Labute approximate surface area is 192 Å². The minimum atomic E-state index is -0.372. The van der Waals surface area contributed by atoms with Crippen molar-refractivity contribution >= 4 is 17.6 Å². The molecule has 7 heteroatoms. The van der Waals surface area contributed by atoms with Gasteiger partial charge in [0, 0.05) is 24.3 Å². The van der Waals surface area contributed by atoms with Gasteiger partial charge < -0.3 is 24.8 Å². The Morgan fingerprint density at radius 3 is 2.30 bits per heavy atom. The van der Waals surface area contributed by atoms with Crippen LogP contribution in [0.3, 0.4) is 0 Å². The van der Waals surface area contributed by atoms with Crippen LogP contribution in [0.4, 0.5) is 5.69 Å². The highest BCUT2D eigenvalue weighted by Crippen LogP contribution is 2.21. The molecule has 170 valence electrons. The summed E-state index contributed by atoms with van der Waals surface area (Å²) in [5, 5.41) is 6.22. The third kappa shape index (κ3) is 5.97. The minimum absolute atomic E-state index is 0.0434. The van der Waals surface area contributed by atoms with Gasteiger partial charge in [0.05, 0.1) is 25.4 Å². The third-order valence-electron chi connectivity index (χ3n) is 5.36. The second-order valence-electron chi connectivity index (χ2n) is 7.64. The first-order valence-electron chi connectivity index (χ1n) is 10.8. The summed E-state index contributed by atoms with van der Waals surface area (Å²) in [5.41, 5.74) is 3.76. The van der Waals surface area contributed by atoms with Crippen LogP contribution in [0.5, 0.6) is 5.75 Å². The molecule has 0 saturated carbocycles. The van der Waals surface area contributed by atoms with Gasteiger partial charge in [-0.3, -0.25) is 4.79 Å². The predicted octanol–water partition coefficient (Wildman–Crippen LogP) is 3.97. The number of carbonyl (C=O) groups excluding carboxylic acids is 2. The van der Waals surface area contributed by atoms with E-state index in [1.807, 2.05) is 36.4 Å². The molecule has 0 spiro atoms. The normalized spacial score (nSPS) is 15.5. The molecule has 1 fully saturated rings. The molecule has 1 amide bonds. The van der Waals surface area contributed by atoms with Crippen LogP contribution in [0.1, 0.15) is 37.9 Å². The van der Waals surface area contributed by atoms with Crippen molar-refractivity contribution in [1.29, 1.82) is 0 Å². The number of rotatable bonds is 7. The van der Waals surface area contributed by atoms with Crippen molar-refractivity contribution in [2.24, 2.45) is 0 Å². The molecule has 33 heavy (non-hydrogen) atoms. The lowest BCUT2D eigenvalue weighted by Crippen LogP contribution is -2.33. The minimum Gasteiger partial charge on any atom is -0.489 e. The topological polar surface area (TPSA) is 85.9 Å². The van der Waals surface area contributed by atoms with Crippen molar-refractivity contribution in [1.82, 2.24) is 5.32 Å². The predicted molar refractivity (Wildman–Crippen MR) is 125 cm³/mol. The van der Waals surface area contributed by atoms with Crippen LogP contribution < -0.4 is 15.4 Å². The Bertz CT molecular complexity index is 1070. The van der Waals surface area contributed by atoms with E-state index in [0.717, 1.165) is 29.9 Å². The van der Waals surface area contributed by atoms with Gasteiger partial charge in [-0.1, -0.05) is 24.3 Å². The second kappa shape index (κ2) is 10.8. The summed E-state index contributed by atoms with van der Waals surface area (Å²) in [6.45, 7) is 2.71. The Hall–Kier alpha value is -3.68. The molecular formula is C26H26N2O5. The van der Waals surface area contributed by atoms with Crippen molar-refractivity contribution in [2.75, 3.05) is 32.1 Å². The van der Waals surface area contributed by atoms with Gasteiger partial charge in [0.15, 0.2) is 0 Å². The zero-order valence-electron chi connectivity index (χ0n) is 18.4. The Balaban J connectivity index is 1.29. The molecular weight excluding hydrogens is 420 g/mol. The highest BCUT2D eigenvalue weighted by Gasteiger charge is 2.15. The SMILES string of the molecule is COC(=O)c1ccc(COc2ccc(C(=O)Nc3ccc([C@@H]4CNCCO4)cc3)cc2)cc1. The van der Waals surface area contributed by atoms with Crippen LogP contribution >= 0.6 is 0 Å². The Kier molecular flexibility index (Phi) is 7.34. The first-order valence-corrected chi connectivity index (χ1v) is 10.8. The molecule has 1 saturated heterocycles. The molecule has 4 rings (SSSR count). The maximum Gasteiger partial charge on any atom is 0.337 e. The maximum atomic E-state index is 12.6. The fraction of sp³-hybridized carbons (Fsp3) is 0.231. The van der Waals surface area contributed by atoms with Gasteiger partial charge in [0.25, 0.3) is 5.91 Å². The lowest BCUT2D eigenvalue weighted by Gasteiger charge is -2.24. The molecule has 0 aromatic heterocycles. The number of anilines is 1. The highest BCUT2D eigenvalue weighted by atomic mass is 16.5. The third-order valence-corrected chi connectivity index (χ3v) is 5.36. The van der Waals surface area contributed by atoms with Crippen molar-refractivity contribution in [3.05, 3.63) is 95.1 Å². The number of methoxy groups -OCH3 is 1. The van der Waals surface area contributed by atoms with E-state index in [-0.39, 0.29) is 18.0 Å². The molecule has 7 nitrogen and oxygen atoms in total. The van der Waals surface area contributed by atoms with E-state index in [2.05, 4.69) is 10.6 Å². The molecule has 2 N–H and O–H groups in total. The number of hydrogen-bond acceptors (Lipinski definition) is 6. The van der Waals surface area contributed by atoms with E-state index in [0.29, 0.717) is 30.1 Å². The maximum absolute atomic E-state index is 12.6. The summed E-state index contributed by atoms with van der Waals surface area (Å²) < 4.78 is 16.2.